The third kappa shape index (κ3) is 2.74. The van der Waals surface area contributed by atoms with Crippen molar-refractivity contribution in [2.75, 3.05) is 26.2 Å². The van der Waals surface area contributed by atoms with Crippen LogP contribution in [0.25, 0.3) is 0 Å². The first kappa shape index (κ1) is 16.8. The second-order valence-corrected chi connectivity index (χ2v) is 10.7. The highest BCUT2D eigenvalue weighted by Gasteiger charge is 2.54. The molecule has 2 N–H and O–H groups in total. The van der Waals surface area contributed by atoms with Gasteiger partial charge in [-0.15, -0.1) is 0 Å². The Morgan fingerprint density at radius 3 is 2.60 bits per heavy atom. The van der Waals surface area contributed by atoms with Crippen LogP contribution < -0.4 is 9.80 Å². The van der Waals surface area contributed by atoms with E-state index < -0.39 is 0 Å². The Morgan fingerprint density at radius 2 is 1.84 bits per heavy atom. The molecular weight excluding hydrogens is 304 g/mol. The van der Waals surface area contributed by atoms with E-state index in [4.69, 9.17) is 0 Å². The lowest BCUT2D eigenvalue weighted by atomic mass is 9.49. The van der Waals surface area contributed by atoms with Crippen LogP contribution in [-0.4, -0.2) is 38.3 Å². The zero-order valence-electron chi connectivity index (χ0n) is 16.7. The van der Waals surface area contributed by atoms with Crippen molar-refractivity contribution < 1.29 is 9.80 Å². The van der Waals surface area contributed by atoms with E-state index in [-0.39, 0.29) is 0 Å². The first-order valence-electron chi connectivity index (χ1n) is 11.5. The average Bonchev–Trinajstić information content (AvgIpc) is 3.11. The highest BCUT2D eigenvalue weighted by molar-refractivity contribution is 5.23. The van der Waals surface area contributed by atoms with Gasteiger partial charge >= 0.3 is 0 Å². The number of rotatable bonds is 3. The number of hydrogen-bond donors (Lipinski definition) is 2. The molecule has 2 nitrogen and oxygen atoms in total. The number of quaternary nitrogens is 2. The summed E-state index contributed by atoms with van der Waals surface area (Å²) in [5.41, 5.74) is 2.47. The van der Waals surface area contributed by atoms with Crippen LogP contribution in [0.5, 0.6) is 0 Å². The zero-order chi connectivity index (χ0) is 17.0. The molecule has 0 aromatic carbocycles. The zero-order valence-corrected chi connectivity index (χ0v) is 16.7. The molecule has 2 saturated heterocycles. The summed E-state index contributed by atoms with van der Waals surface area (Å²) in [4.78, 5) is 4.00. The van der Waals surface area contributed by atoms with Gasteiger partial charge < -0.3 is 9.80 Å². The minimum Gasteiger partial charge on any atom is -0.323 e. The first-order valence-corrected chi connectivity index (χ1v) is 11.5. The van der Waals surface area contributed by atoms with Crippen molar-refractivity contribution in [3.63, 3.8) is 0 Å². The molecule has 4 aliphatic carbocycles. The Morgan fingerprint density at radius 1 is 1.00 bits per heavy atom. The van der Waals surface area contributed by atoms with Gasteiger partial charge in [0.15, 0.2) is 0 Å². The van der Waals surface area contributed by atoms with Gasteiger partial charge in [0.25, 0.3) is 0 Å². The summed E-state index contributed by atoms with van der Waals surface area (Å²) in [6, 6.07) is 1.98. The van der Waals surface area contributed by atoms with E-state index >= 15 is 0 Å². The molecule has 2 aliphatic heterocycles. The Labute approximate surface area is 155 Å². The standard InChI is InChI=1S/C23H38N2/c1-23(2)19-11-10-18(20(23)15-19)16-25-14-13-24-12-6-9-21(24)22(25)17-7-4-3-5-8-17/h10,17,19-22H,3-9,11-16H2,1-2H3/p+2/t19-,20-,21-,22+/m1/s1. The monoisotopic (exact) mass is 344 g/mol. The van der Waals surface area contributed by atoms with Crippen LogP contribution in [0.15, 0.2) is 11.6 Å². The van der Waals surface area contributed by atoms with Crippen molar-refractivity contribution in [1.29, 1.82) is 0 Å². The highest BCUT2D eigenvalue weighted by Crippen LogP contribution is 2.58. The summed E-state index contributed by atoms with van der Waals surface area (Å²) in [7, 11) is 0. The van der Waals surface area contributed by atoms with E-state index in [9.17, 15) is 0 Å². The van der Waals surface area contributed by atoms with Crippen molar-refractivity contribution in [3.8, 4) is 0 Å². The van der Waals surface area contributed by atoms with Crippen LogP contribution in [0, 0.1) is 23.2 Å². The Bertz CT molecular complexity index is 530. The van der Waals surface area contributed by atoms with E-state index in [0.717, 1.165) is 29.8 Å². The van der Waals surface area contributed by atoms with Gasteiger partial charge in [0.05, 0.1) is 13.1 Å². The van der Waals surface area contributed by atoms with Crippen LogP contribution in [0.1, 0.15) is 71.6 Å². The fourth-order valence-electron chi connectivity index (χ4n) is 7.75. The van der Waals surface area contributed by atoms with Crippen molar-refractivity contribution in [1.82, 2.24) is 0 Å². The normalized spacial score (nSPS) is 46.2. The number of piperazine rings is 1. The van der Waals surface area contributed by atoms with Crippen LogP contribution in [-0.2, 0) is 0 Å². The molecule has 4 fully saturated rings. The molecule has 6 aliphatic rings. The molecule has 2 bridgehead atoms. The van der Waals surface area contributed by atoms with Crippen LogP contribution in [0.3, 0.4) is 0 Å². The predicted molar refractivity (Wildman–Crippen MR) is 103 cm³/mol. The van der Waals surface area contributed by atoms with Crippen LogP contribution in [0.2, 0.25) is 0 Å². The first-order chi connectivity index (χ1) is 12.1. The molecule has 2 heteroatoms. The van der Waals surface area contributed by atoms with Gasteiger partial charge in [-0.05, 0) is 48.5 Å². The maximum atomic E-state index is 2.68. The van der Waals surface area contributed by atoms with Crippen molar-refractivity contribution in [2.45, 2.75) is 83.7 Å². The van der Waals surface area contributed by atoms with Gasteiger partial charge in [0.2, 0.25) is 0 Å². The topological polar surface area (TPSA) is 8.88 Å². The summed E-state index contributed by atoms with van der Waals surface area (Å²) in [6.07, 6.45) is 16.2. The molecule has 0 spiro atoms. The largest absolute Gasteiger partial charge is 0.323 e. The Balaban J connectivity index is 1.36. The molecule has 6 atom stereocenters. The van der Waals surface area contributed by atoms with E-state index in [0.29, 0.717) is 5.41 Å². The summed E-state index contributed by atoms with van der Waals surface area (Å²) in [5.74, 6) is 2.94. The molecule has 0 aromatic rings. The van der Waals surface area contributed by atoms with Crippen molar-refractivity contribution in [3.05, 3.63) is 11.6 Å². The number of fused-ring (bicyclic) bond motifs is 2. The second-order valence-electron chi connectivity index (χ2n) is 10.7. The molecule has 0 aromatic heterocycles. The quantitative estimate of drug-likeness (QED) is 0.724. The van der Waals surface area contributed by atoms with Gasteiger partial charge in [0, 0.05) is 18.8 Å². The molecule has 2 heterocycles. The molecule has 0 amide bonds. The lowest BCUT2D eigenvalue weighted by Crippen LogP contribution is -3.32. The molecule has 2 saturated carbocycles. The maximum absolute atomic E-state index is 2.68. The second kappa shape index (κ2) is 6.37. The van der Waals surface area contributed by atoms with Gasteiger partial charge in [0.1, 0.15) is 25.2 Å². The highest BCUT2D eigenvalue weighted by atomic mass is 15.3. The third-order valence-electron chi connectivity index (χ3n) is 9.38. The minimum absolute atomic E-state index is 0.601. The molecule has 25 heavy (non-hydrogen) atoms. The van der Waals surface area contributed by atoms with Crippen LogP contribution in [0.4, 0.5) is 0 Å². The number of allylic oxidation sites excluding steroid dienone is 1. The fourth-order valence-corrected chi connectivity index (χ4v) is 7.75. The maximum Gasteiger partial charge on any atom is 0.143 e. The lowest BCUT2D eigenvalue weighted by molar-refractivity contribution is -1.04. The SMILES string of the molecule is CC1(C)[C@@H]2CC=C(C[NH+]3CC[NH+]4CCC[C@@H]4[C@@H]3C3CCCCC3)[C@H]1C2. The number of hydrogen-bond acceptors (Lipinski definition) is 0. The van der Waals surface area contributed by atoms with Crippen molar-refractivity contribution in [2.24, 2.45) is 23.2 Å². The third-order valence-corrected chi connectivity index (χ3v) is 9.38. The lowest BCUT2D eigenvalue weighted by Gasteiger charge is -2.57. The molecule has 6 rings (SSSR count). The smallest absolute Gasteiger partial charge is 0.143 e. The minimum atomic E-state index is 0.601. The van der Waals surface area contributed by atoms with E-state index in [2.05, 4.69) is 19.9 Å². The van der Waals surface area contributed by atoms with Crippen LogP contribution >= 0.6 is 0 Å². The molecular formula is C23H40N2+2. The van der Waals surface area contributed by atoms with Gasteiger partial charge in [-0.25, -0.2) is 0 Å². The van der Waals surface area contributed by atoms with Gasteiger partial charge in [-0.1, -0.05) is 39.2 Å². The molecule has 0 radical (unpaired) electrons. The molecule has 2 unspecified atom stereocenters. The average molecular weight is 345 g/mol. The van der Waals surface area contributed by atoms with E-state index in [1.165, 1.54) is 84.0 Å². The van der Waals surface area contributed by atoms with E-state index in [1.807, 2.05) is 15.4 Å². The Hall–Kier alpha value is -0.340. The molecule has 140 valence electrons. The number of nitrogens with one attached hydrogen (secondary N) is 2. The van der Waals surface area contributed by atoms with Gasteiger partial charge in [-0.3, -0.25) is 0 Å². The summed E-state index contributed by atoms with van der Waals surface area (Å²) < 4.78 is 0. The van der Waals surface area contributed by atoms with Crippen molar-refractivity contribution >= 4 is 0 Å². The summed E-state index contributed by atoms with van der Waals surface area (Å²) in [5, 5.41) is 0. The van der Waals surface area contributed by atoms with E-state index in [1.54, 1.807) is 0 Å². The fraction of sp³-hybridized carbons (Fsp3) is 0.913. The summed E-state index contributed by atoms with van der Waals surface area (Å²) in [6.45, 7) is 10.9. The Kier molecular flexibility index (Phi) is 4.28. The predicted octanol–water partition coefficient (Wildman–Crippen LogP) is 1.87. The van der Waals surface area contributed by atoms with Gasteiger partial charge in [-0.2, -0.15) is 0 Å². The summed E-state index contributed by atoms with van der Waals surface area (Å²) >= 11 is 0.